The number of ether oxygens (including phenoxy) is 1. The van der Waals surface area contributed by atoms with Crippen molar-refractivity contribution in [2.45, 2.75) is 26.2 Å². The second-order valence-corrected chi connectivity index (χ2v) is 5.21. The molecule has 0 aromatic carbocycles. The minimum atomic E-state index is -0.819. The summed E-state index contributed by atoms with van der Waals surface area (Å²) in [5, 5.41) is 11.7. The molecule has 7 nitrogen and oxygen atoms in total. The number of rotatable bonds is 8. The van der Waals surface area contributed by atoms with Gasteiger partial charge in [0.1, 0.15) is 0 Å². The van der Waals surface area contributed by atoms with Gasteiger partial charge in [-0.3, -0.25) is 9.69 Å². The Morgan fingerprint density at radius 3 is 2.71 bits per heavy atom. The van der Waals surface area contributed by atoms with E-state index in [-0.39, 0.29) is 12.6 Å². The van der Waals surface area contributed by atoms with Gasteiger partial charge in [0.2, 0.25) is 0 Å². The molecule has 1 aliphatic heterocycles. The van der Waals surface area contributed by atoms with Gasteiger partial charge >= 0.3 is 12.0 Å². The highest BCUT2D eigenvalue weighted by molar-refractivity contribution is 5.74. The van der Waals surface area contributed by atoms with E-state index in [0.29, 0.717) is 32.8 Å². The van der Waals surface area contributed by atoms with Crippen LogP contribution >= 0.6 is 0 Å². The third-order valence-corrected chi connectivity index (χ3v) is 3.32. The number of amides is 2. The Balaban J connectivity index is 2.17. The van der Waals surface area contributed by atoms with Gasteiger partial charge in [-0.25, -0.2) is 4.79 Å². The molecule has 1 heterocycles. The van der Waals surface area contributed by atoms with Gasteiger partial charge in [-0.2, -0.15) is 0 Å². The maximum Gasteiger partial charge on any atom is 0.317 e. The highest BCUT2D eigenvalue weighted by Gasteiger charge is 2.19. The number of hydrogen-bond donors (Lipinski definition) is 2. The molecule has 0 saturated carbocycles. The predicted octanol–water partition coefficient (Wildman–Crippen LogP) is 0.605. The Kier molecular flexibility index (Phi) is 8.77. The zero-order valence-corrected chi connectivity index (χ0v) is 12.8. The molecule has 1 fully saturated rings. The number of urea groups is 1. The SMILES string of the molecule is CCCOCCCNC(=O)N1CCCN(CC(=O)O)CC1. The molecule has 7 heteroatoms. The standard InChI is InChI=1S/C14H27N3O4/c1-2-10-21-11-3-5-15-14(20)17-7-4-6-16(8-9-17)12-13(18)19/h2-12H2,1H3,(H,15,20)(H,18,19). The van der Waals surface area contributed by atoms with Crippen LogP contribution in [0.15, 0.2) is 0 Å². The molecule has 122 valence electrons. The van der Waals surface area contributed by atoms with Crippen LogP contribution in [0.25, 0.3) is 0 Å². The molecule has 2 amide bonds. The van der Waals surface area contributed by atoms with Crippen molar-refractivity contribution in [2.24, 2.45) is 0 Å². The minimum Gasteiger partial charge on any atom is -0.480 e. The lowest BCUT2D eigenvalue weighted by Crippen LogP contribution is -2.42. The first-order valence-corrected chi connectivity index (χ1v) is 7.68. The summed E-state index contributed by atoms with van der Waals surface area (Å²) < 4.78 is 5.35. The lowest BCUT2D eigenvalue weighted by molar-refractivity contribution is -0.138. The molecule has 1 aliphatic rings. The van der Waals surface area contributed by atoms with Crippen LogP contribution in [-0.4, -0.2) is 79.4 Å². The van der Waals surface area contributed by atoms with E-state index in [9.17, 15) is 9.59 Å². The predicted molar refractivity (Wildman–Crippen MR) is 79.4 cm³/mol. The first kappa shape index (κ1) is 17.7. The molecular formula is C14H27N3O4. The fraction of sp³-hybridized carbons (Fsp3) is 0.857. The summed E-state index contributed by atoms with van der Waals surface area (Å²) >= 11 is 0. The Hall–Kier alpha value is -1.34. The van der Waals surface area contributed by atoms with Gasteiger partial charge in [0.05, 0.1) is 6.54 Å². The molecule has 0 bridgehead atoms. The summed E-state index contributed by atoms with van der Waals surface area (Å²) in [5.41, 5.74) is 0. The molecule has 0 aliphatic carbocycles. The molecule has 1 rings (SSSR count). The second kappa shape index (κ2) is 10.4. The van der Waals surface area contributed by atoms with Gasteiger partial charge < -0.3 is 20.1 Å². The van der Waals surface area contributed by atoms with Crippen LogP contribution in [0.1, 0.15) is 26.2 Å². The van der Waals surface area contributed by atoms with Gasteiger partial charge in [-0.1, -0.05) is 6.92 Å². The highest BCUT2D eigenvalue weighted by atomic mass is 16.5. The van der Waals surface area contributed by atoms with Gasteiger partial charge in [-0.05, 0) is 19.3 Å². The quantitative estimate of drug-likeness (QED) is 0.642. The summed E-state index contributed by atoms with van der Waals surface area (Å²) in [7, 11) is 0. The monoisotopic (exact) mass is 301 g/mol. The largest absolute Gasteiger partial charge is 0.480 e. The van der Waals surface area contributed by atoms with Crippen molar-refractivity contribution in [3.63, 3.8) is 0 Å². The van der Waals surface area contributed by atoms with Crippen LogP contribution in [0.3, 0.4) is 0 Å². The van der Waals surface area contributed by atoms with Crippen molar-refractivity contribution in [3.8, 4) is 0 Å². The number of nitrogens with one attached hydrogen (secondary N) is 1. The van der Waals surface area contributed by atoms with Crippen molar-refractivity contribution in [3.05, 3.63) is 0 Å². The van der Waals surface area contributed by atoms with Crippen molar-refractivity contribution in [2.75, 3.05) is 52.5 Å². The van der Waals surface area contributed by atoms with E-state index in [1.165, 1.54) is 0 Å². The smallest absolute Gasteiger partial charge is 0.317 e. The summed E-state index contributed by atoms with van der Waals surface area (Å²) in [6.45, 7) is 6.73. The van der Waals surface area contributed by atoms with Crippen molar-refractivity contribution in [1.82, 2.24) is 15.1 Å². The van der Waals surface area contributed by atoms with Crippen LogP contribution in [0.2, 0.25) is 0 Å². The van der Waals surface area contributed by atoms with E-state index < -0.39 is 5.97 Å². The maximum absolute atomic E-state index is 12.0. The zero-order chi connectivity index (χ0) is 15.5. The lowest BCUT2D eigenvalue weighted by atomic mass is 10.4. The van der Waals surface area contributed by atoms with E-state index in [4.69, 9.17) is 9.84 Å². The van der Waals surface area contributed by atoms with E-state index in [1.54, 1.807) is 4.90 Å². The number of hydrogen-bond acceptors (Lipinski definition) is 4. The molecule has 21 heavy (non-hydrogen) atoms. The van der Waals surface area contributed by atoms with Crippen molar-refractivity contribution >= 4 is 12.0 Å². The molecule has 0 radical (unpaired) electrons. The molecule has 0 aromatic rings. The lowest BCUT2D eigenvalue weighted by Gasteiger charge is -2.21. The third-order valence-electron chi connectivity index (χ3n) is 3.32. The minimum absolute atomic E-state index is 0.0459. The molecule has 0 atom stereocenters. The Bertz CT molecular complexity index is 325. The summed E-state index contributed by atoms with van der Waals surface area (Å²) in [4.78, 5) is 26.3. The topological polar surface area (TPSA) is 82.1 Å². The maximum atomic E-state index is 12.0. The Morgan fingerprint density at radius 1 is 1.19 bits per heavy atom. The van der Waals surface area contributed by atoms with Crippen molar-refractivity contribution < 1.29 is 19.4 Å². The van der Waals surface area contributed by atoms with Crippen LogP contribution in [0, 0.1) is 0 Å². The first-order chi connectivity index (χ1) is 10.1. The van der Waals surface area contributed by atoms with Crippen molar-refractivity contribution in [1.29, 1.82) is 0 Å². The van der Waals surface area contributed by atoms with Gasteiger partial charge in [-0.15, -0.1) is 0 Å². The van der Waals surface area contributed by atoms with Crippen LogP contribution in [0.5, 0.6) is 0 Å². The summed E-state index contributed by atoms with van der Waals surface area (Å²) in [6.07, 6.45) is 2.62. The zero-order valence-electron chi connectivity index (χ0n) is 12.8. The van der Waals surface area contributed by atoms with Crippen LogP contribution in [0.4, 0.5) is 4.79 Å². The second-order valence-electron chi connectivity index (χ2n) is 5.21. The van der Waals surface area contributed by atoms with Crippen LogP contribution < -0.4 is 5.32 Å². The molecule has 2 N–H and O–H groups in total. The Morgan fingerprint density at radius 2 is 2.00 bits per heavy atom. The van der Waals surface area contributed by atoms with E-state index in [0.717, 1.165) is 32.4 Å². The van der Waals surface area contributed by atoms with Crippen LogP contribution in [-0.2, 0) is 9.53 Å². The number of carbonyl (C=O) groups is 2. The number of carboxylic acids is 1. The normalized spacial score (nSPS) is 16.5. The first-order valence-electron chi connectivity index (χ1n) is 7.68. The number of aliphatic carboxylic acids is 1. The fourth-order valence-electron chi connectivity index (χ4n) is 2.25. The molecule has 1 saturated heterocycles. The number of nitrogens with zero attached hydrogens (tertiary/aromatic N) is 2. The average Bonchev–Trinajstić information content (AvgIpc) is 2.67. The molecule has 0 aromatic heterocycles. The van der Waals surface area contributed by atoms with E-state index in [2.05, 4.69) is 12.2 Å². The average molecular weight is 301 g/mol. The molecule has 0 unspecified atom stereocenters. The van der Waals surface area contributed by atoms with Gasteiger partial charge in [0, 0.05) is 45.9 Å². The van der Waals surface area contributed by atoms with Gasteiger partial charge in [0.15, 0.2) is 0 Å². The van der Waals surface area contributed by atoms with E-state index in [1.807, 2.05) is 4.90 Å². The highest BCUT2D eigenvalue weighted by Crippen LogP contribution is 2.03. The molecular weight excluding hydrogens is 274 g/mol. The summed E-state index contributed by atoms with van der Waals surface area (Å²) in [6, 6.07) is -0.0670. The van der Waals surface area contributed by atoms with E-state index >= 15 is 0 Å². The van der Waals surface area contributed by atoms with Gasteiger partial charge in [0.25, 0.3) is 0 Å². The molecule has 0 spiro atoms. The third kappa shape index (κ3) is 7.87. The number of carboxylic acid groups (broad SMARTS) is 1. The Labute approximate surface area is 126 Å². The summed E-state index contributed by atoms with van der Waals surface area (Å²) in [5.74, 6) is -0.819. The fourth-order valence-corrected chi connectivity index (χ4v) is 2.25. The number of carbonyl (C=O) groups excluding carboxylic acids is 1.